The van der Waals surface area contributed by atoms with E-state index in [0.717, 1.165) is 5.69 Å². The Morgan fingerprint density at radius 3 is 2.35 bits per heavy atom. The number of benzene rings is 2. The number of carbonyl (C=O) groups is 1. The molecular weight excluding hydrogens is 312 g/mol. The van der Waals surface area contributed by atoms with E-state index in [9.17, 15) is 4.79 Å². The predicted octanol–water partition coefficient (Wildman–Crippen LogP) is 4.13. The van der Waals surface area contributed by atoms with Crippen LogP contribution in [0.2, 0.25) is 5.02 Å². The zero-order valence-electron chi connectivity index (χ0n) is 12.0. The summed E-state index contributed by atoms with van der Waals surface area (Å²) in [5.41, 5.74) is 1.64. The molecule has 1 amide bonds. The molecule has 0 unspecified atom stereocenters. The Hall–Kier alpha value is -2.92. The van der Waals surface area contributed by atoms with Crippen LogP contribution < -0.4 is 10.6 Å². The molecule has 0 fully saturated rings. The molecule has 5 nitrogen and oxygen atoms in total. The smallest absolute Gasteiger partial charge is 0.275 e. The number of rotatable bonds is 4. The zero-order chi connectivity index (χ0) is 16.1. The minimum absolute atomic E-state index is 0.212. The molecule has 0 atom stereocenters. The molecule has 2 N–H and O–H groups in total. The van der Waals surface area contributed by atoms with E-state index in [1.54, 1.807) is 24.3 Å². The molecule has 3 aromatic rings. The van der Waals surface area contributed by atoms with Crippen molar-refractivity contribution >= 4 is 34.7 Å². The van der Waals surface area contributed by atoms with Gasteiger partial charge in [-0.2, -0.15) is 0 Å². The minimum Gasteiger partial charge on any atom is -0.339 e. The number of carbonyl (C=O) groups excluding carboxylic acids is 1. The third-order valence-electron chi connectivity index (χ3n) is 3.05. The summed E-state index contributed by atoms with van der Waals surface area (Å²) < 4.78 is 0. The van der Waals surface area contributed by atoms with Crippen LogP contribution in [-0.4, -0.2) is 15.9 Å². The number of hydrogen-bond donors (Lipinski definition) is 2. The highest BCUT2D eigenvalue weighted by Crippen LogP contribution is 2.21. The summed E-state index contributed by atoms with van der Waals surface area (Å²) in [5.74, 6) is 0.197. The molecule has 0 aliphatic rings. The van der Waals surface area contributed by atoms with E-state index < -0.39 is 0 Å². The van der Waals surface area contributed by atoms with Gasteiger partial charge in [-0.05, 0) is 24.3 Å². The Balaban J connectivity index is 1.69. The highest BCUT2D eigenvalue weighted by molar-refractivity contribution is 6.33. The molecule has 0 spiro atoms. The van der Waals surface area contributed by atoms with E-state index in [1.165, 1.54) is 12.4 Å². The molecule has 114 valence electrons. The molecule has 0 aliphatic heterocycles. The lowest BCUT2D eigenvalue weighted by Crippen LogP contribution is -2.14. The van der Waals surface area contributed by atoms with Crippen LogP contribution >= 0.6 is 11.6 Å². The molecule has 0 saturated carbocycles. The van der Waals surface area contributed by atoms with Gasteiger partial charge in [-0.15, -0.1) is 0 Å². The molecule has 23 heavy (non-hydrogen) atoms. The van der Waals surface area contributed by atoms with E-state index in [4.69, 9.17) is 11.6 Å². The molecule has 0 aliphatic carbocycles. The van der Waals surface area contributed by atoms with Gasteiger partial charge in [0.05, 0.1) is 23.1 Å². The van der Waals surface area contributed by atoms with Gasteiger partial charge in [-0.1, -0.05) is 41.9 Å². The first kappa shape index (κ1) is 15.0. The van der Waals surface area contributed by atoms with E-state index in [-0.39, 0.29) is 11.6 Å². The number of hydrogen-bond acceptors (Lipinski definition) is 4. The van der Waals surface area contributed by atoms with Gasteiger partial charge >= 0.3 is 0 Å². The molecule has 6 heteroatoms. The Morgan fingerprint density at radius 1 is 0.913 bits per heavy atom. The lowest BCUT2D eigenvalue weighted by Gasteiger charge is -2.07. The number of aromatic nitrogens is 2. The van der Waals surface area contributed by atoms with Gasteiger partial charge in [0.15, 0.2) is 0 Å². The van der Waals surface area contributed by atoms with E-state index in [2.05, 4.69) is 20.6 Å². The van der Waals surface area contributed by atoms with E-state index in [1.807, 2.05) is 30.3 Å². The average Bonchev–Trinajstić information content (AvgIpc) is 2.58. The fraction of sp³-hybridized carbons (Fsp3) is 0. The zero-order valence-corrected chi connectivity index (χ0v) is 12.8. The summed E-state index contributed by atoms with van der Waals surface area (Å²) in [6, 6.07) is 16.6. The molecule has 0 radical (unpaired) electrons. The third-order valence-corrected chi connectivity index (χ3v) is 3.38. The van der Waals surface area contributed by atoms with Gasteiger partial charge in [-0.25, -0.2) is 9.97 Å². The van der Waals surface area contributed by atoms with Crippen LogP contribution in [0, 0.1) is 0 Å². The van der Waals surface area contributed by atoms with Gasteiger partial charge in [0.2, 0.25) is 0 Å². The summed E-state index contributed by atoms with van der Waals surface area (Å²) in [7, 11) is 0. The van der Waals surface area contributed by atoms with Crippen LogP contribution in [0.3, 0.4) is 0 Å². The summed E-state index contributed by atoms with van der Waals surface area (Å²) in [6.07, 6.45) is 2.92. The number of nitrogens with one attached hydrogen (secondary N) is 2. The Labute approximate surface area is 138 Å². The van der Waals surface area contributed by atoms with Crippen LogP contribution in [0.4, 0.5) is 17.2 Å². The summed E-state index contributed by atoms with van der Waals surface area (Å²) >= 11 is 6.01. The summed E-state index contributed by atoms with van der Waals surface area (Å²) in [6.45, 7) is 0. The normalized spacial score (nSPS) is 10.1. The second-order valence-electron chi connectivity index (χ2n) is 4.71. The summed E-state index contributed by atoms with van der Waals surface area (Å²) in [4.78, 5) is 20.5. The van der Waals surface area contributed by atoms with Crippen molar-refractivity contribution in [2.24, 2.45) is 0 Å². The van der Waals surface area contributed by atoms with E-state index >= 15 is 0 Å². The number of para-hydroxylation sites is 2. The molecular formula is C17H13ClN4O. The second kappa shape index (κ2) is 6.89. The van der Waals surface area contributed by atoms with Crippen molar-refractivity contribution in [3.05, 3.63) is 77.7 Å². The monoisotopic (exact) mass is 324 g/mol. The standard InChI is InChI=1S/C17H13ClN4O/c18-13-8-4-5-9-14(13)22-17(23)15-10-20-16(11-19-15)21-12-6-2-1-3-7-12/h1-11H,(H,20,21)(H,22,23). The lowest BCUT2D eigenvalue weighted by atomic mass is 10.3. The first-order chi connectivity index (χ1) is 11.2. The highest BCUT2D eigenvalue weighted by atomic mass is 35.5. The van der Waals surface area contributed by atoms with Crippen LogP contribution in [-0.2, 0) is 0 Å². The third kappa shape index (κ3) is 3.84. The van der Waals surface area contributed by atoms with Crippen LogP contribution in [0.25, 0.3) is 0 Å². The van der Waals surface area contributed by atoms with Crippen LogP contribution in [0.5, 0.6) is 0 Å². The maximum atomic E-state index is 12.1. The predicted molar refractivity (Wildman–Crippen MR) is 91.2 cm³/mol. The number of amides is 1. The van der Waals surface area contributed by atoms with Crippen molar-refractivity contribution in [2.75, 3.05) is 10.6 Å². The van der Waals surface area contributed by atoms with Gasteiger partial charge in [0.25, 0.3) is 5.91 Å². The molecule has 0 saturated heterocycles. The summed E-state index contributed by atoms with van der Waals surface area (Å²) in [5, 5.41) is 6.27. The second-order valence-corrected chi connectivity index (χ2v) is 5.12. The van der Waals surface area contributed by atoms with Crippen LogP contribution in [0.1, 0.15) is 10.5 Å². The molecule has 0 bridgehead atoms. The first-order valence-corrected chi connectivity index (χ1v) is 7.30. The minimum atomic E-state index is -0.364. The maximum absolute atomic E-state index is 12.1. The quantitative estimate of drug-likeness (QED) is 0.757. The van der Waals surface area contributed by atoms with Gasteiger partial charge in [0, 0.05) is 5.69 Å². The average molecular weight is 325 g/mol. The van der Waals surface area contributed by atoms with Crippen molar-refractivity contribution in [3.8, 4) is 0 Å². The molecule has 2 aromatic carbocycles. The topological polar surface area (TPSA) is 66.9 Å². The maximum Gasteiger partial charge on any atom is 0.275 e. The Morgan fingerprint density at radius 2 is 1.65 bits per heavy atom. The first-order valence-electron chi connectivity index (χ1n) is 6.92. The van der Waals surface area contributed by atoms with Crippen molar-refractivity contribution < 1.29 is 4.79 Å². The van der Waals surface area contributed by atoms with Crippen molar-refractivity contribution in [3.63, 3.8) is 0 Å². The van der Waals surface area contributed by atoms with Gasteiger partial charge < -0.3 is 10.6 Å². The van der Waals surface area contributed by atoms with Gasteiger partial charge in [-0.3, -0.25) is 4.79 Å². The SMILES string of the molecule is O=C(Nc1ccccc1Cl)c1cnc(Nc2ccccc2)cn1. The van der Waals surface area contributed by atoms with E-state index in [0.29, 0.717) is 16.5 Å². The van der Waals surface area contributed by atoms with Crippen molar-refractivity contribution in [2.45, 2.75) is 0 Å². The van der Waals surface area contributed by atoms with Crippen molar-refractivity contribution in [1.29, 1.82) is 0 Å². The van der Waals surface area contributed by atoms with Crippen molar-refractivity contribution in [1.82, 2.24) is 9.97 Å². The molecule has 3 rings (SSSR count). The molecule has 1 heterocycles. The number of halogens is 1. The largest absolute Gasteiger partial charge is 0.339 e. The number of nitrogens with zero attached hydrogens (tertiary/aromatic N) is 2. The van der Waals surface area contributed by atoms with Crippen LogP contribution in [0.15, 0.2) is 67.0 Å². The molecule has 1 aromatic heterocycles. The highest BCUT2D eigenvalue weighted by Gasteiger charge is 2.10. The lowest BCUT2D eigenvalue weighted by molar-refractivity contribution is 0.102. The number of anilines is 3. The van der Waals surface area contributed by atoms with Gasteiger partial charge in [0.1, 0.15) is 11.5 Å². The Bertz CT molecular complexity index is 806. The Kier molecular flexibility index (Phi) is 4.49. The fourth-order valence-corrected chi connectivity index (χ4v) is 2.11. The fourth-order valence-electron chi connectivity index (χ4n) is 1.93.